The molecule has 1 aliphatic heterocycles. The molecule has 1 saturated heterocycles. The van der Waals surface area contributed by atoms with Gasteiger partial charge in [-0.05, 0) is 49.3 Å². The molecule has 0 aromatic heterocycles. The van der Waals surface area contributed by atoms with E-state index in [-0.39, 0.29) is 24.0 Å². The van der Waals surface area contributed by atoms with Crippen molar-refractivity contribution in [1.29, 1.82) is 0 Å². The van der Waals surface area contributed by atoms with Gasteiger partial charge in [0.15, 0.2) is 5.96 Å². The minimum absolute atomic E-state index is 0. The molecule has 0 aliphatic carbocycles. The number of aliphatic imine (C=N–C) groups is 1. The second kappa shape index (κ2) is 15.0. The van der Waals surface area contributed by atoms with Crippen molar-refractivity contribution in [1.82, 2.24) is 14.9 Å². The SMILES string of the molecule is CCCCOCCCNC(=NC)NCc1ccc(S(=O)(=O)N2CCCC(C)C2)cc1.I. The van der Waals surface area contributed by atoms with E-state index in [2.05, 4.69) is 29.5 Å². The Hall–Kier alpha value is -0.910. The normalized spacial score (nSPS) is 17.8. The van der Waals surface area contributed by atoms with Crippen molar-refractivity contribution < 1.29 is 13.2 Å². The summed E-state index contributed by atoms with van der Waals surface area (Å²) in [5.41, 5.74) is 1.01. The van der Waals surface area contributed by atoms with E-state index in [1.54, 1.807) is 23.5 Å². The molecule has 1 atom stereocenters. The van der Waals surface area contributed by atoms with E-state index in [1.165, 1.54) is 0 Å². The third-order valence-electron chi connectivity index (χ3n) is 5.26. The lowest BCUT2D eigenvalue weighted by Gasteiger charge is -2.30. The quantitative estimate of drug-likeness (QED) is 0.185. The summed E-state index contributed by atoms with van der Waals surface area (Å²) in [5, 5.41) is 6.53. The van der Waals surface area contributed by atoms with Crippen LogP contribution in [0.2, 0.25) is 0 Å². The molecule has 1 aromatic rings. The molecular weight excluding hydrogens is 527 g/mol. The van der Waals surface area contributed by atoms with E-state index in [0.29, 0.717) is 30.4 Å². The number of nitrogens with one attached hydrogen (secondary N) is 2. The van der Waals surface area contributed by atoms with Crippen LogP contribution in [0, 0.1) is 5.92 Å². The van der Waals surface area contributed by atoms with Gasteiger partial charge < -0.3 is 15.4 Å². The van der Waals surface area contributed by atoms with Crippen molar-refractivity contribution in [3.63, 3.8) is 0 Å². The molecule has 0 spiro atoms. The number of rotatable bonds is 11. The van der Waals surface area contributed by atoms with E-state index in [0.717, 1.165) is 63.4 Å². The van der Waals surface area contributed by atoms with Gasteiger partial charge in [-0.1, -0.05) is 32.4 Å². The number of sulfonamides is 1. The molecule has 1 aromatic carbocycles. The Labute approximate surface area is 205 Å². The standard InChI is InChI=1S/C22H38N4O3S.HI/c1-4-5-15-29-16-7-13-24-22(23-3)25-17-20-9-11-21(12-10-20)30(27,28)26-14-6-8-19(2)18-26;/h9-12,19H,4-8,13-18H2,1-3H3,(H2,23,24,25);1H. The number of ether oxygens (including phenoxy) is 1. The van der Waals surface area contributed by atoms with Crippen molar-refractivity contribution in [2.24, 2.45) is 10.9 Å². The summed E-state index contributed by atoms with van der Waals surface area (Å²) in [6.07, 6.45) is 5.20. The van der Waals surface area contributed by atoms with Crippen molar-refractivity contribution in [3.8, 4) is 0 Å². The fourth-order valence-corrected chi connectivity index (χ4v) is 5.03. The van der Waals surface area contributed by atoms with E-state index < -0.39 is 10.0 Å². The zero-order valence-corrected chi connectivity index (χ0v) is 22.2. The molecular formula is C22H39IN4O3S. The molecule has 1 fully saturated rings. The zero-order valence-electron chi connectivity index (χ0n) is 19.1. The molecule has 0 bridgehead atoms. The molecule has 1 heterocycles. The molecule has 0 radical (unpaired) electrons. The highest BCUT2D eigenvalue weighted by Crippen LogP contribution is 2.23. The summed E-state index contributed by atoms with van der Waals surface area (Å²) in [6, 6.07) is 7.13. The van der Waals surface area contributed by atoms with Gasteiger partial charge in [0.2, 0.25) is 10.0 Å². The van der Waals surface area contributed by atoms with Crippen LogP contribution in [-0.2, 0) is 21.3 Å². The van der Waals surface area contributed by atoms with Gasteiger partial charge in [0.05, 0.1) is 4.90 Å². The summed E-state index contributed by atoms with van der Waals surface area (Å²) >= 11 is 0. The predicted octanol–water partition coefficient (Wildman–Crippen LogP) is 3.60. The van der Waals surface area contributed by atoms with Gasteiger partial charge in [-0.3, -0.25) is 4.99 Å². The van der Waals surface area contributed by atoms with Gasteiger partial charge >= 0.3 is 0 Å². The van der Waals surface area contributed by atoms with Crippen molar-refractivity contribution in [2.45, 2.75) is 57.4 Å². The molecule has 178 valence electrons. The van der Waals surface area contributed by atoms with E-state index in [1.807, 2.05) is 12.1 Å². The van der Waals surface area contributed by atoms with Gasteiger partial charge in [-0.2, -0.15) is 4.31 Å². The summed E-state index contributed by atoms with van der Waals surface area (Å²) in [6.45, 7) is 8.42. The smallest absolute Gasteiger partial charge is 0.243 e. The molecule has 7 nitrogen and oxygen atoms in total. The first-order valence-corrected chi connectivity index (χ1v) is 12.5. The molecule has 0 amide bonds. The molecule has 9 heteroatoms. The average Bonchev–Trinajstić information content (AvgIpc) is 2.75. The maximum atomic E-state index is 12.9. The highest BCUT2D eigenvalue weighted by Gasteiger charge is 2.28. The van der Waals surface area contributed by atoms with E-state index in [4.69, 9.17) is 4.74 Å². The maximum absolute atomic E-state index is 12.9. The lowest BCUT2D eigenvalue weighted by molar-refractivity contribution is 0.129. The Morgan fingerprint density at radius 3 is 2.55 bits per heavy atom. The Morgan fingerprint density at radius 1 is 1.19 bits per heavy atom. The van der Waals surface area contributed by atoms with Gasteiger partial charge in [-0.15, -0.1) is 24.0 Å². The number of hydrogen-bond acceptors (Lipinski definition) is 4. The second-order valence-electron chi connectivity index (χ2n) is 7.93. The molecule has 1 aliphatic rings. The summed E-state index contributed by atoms with van der Waals surface area (Å²) in [4.78, 5) is 4.59. The lowest BCUT2D eigenvalue weighted by atomic mass is 10.0. The van der Waals surface area contributed by atoms with Crippen LogP contribution in [0.3, 0.4) is 0 Å². The fourth-order valence-electron chi connectivity index (χ4n) is 3.43. The Morgan fingerprint density at radius 2 is 1.90 bits per heavy atom. The van der Waals surface area contributed by atoms with Crippen LogP contribution < -0.4 is 10.6 Å². The number of halogens is 1. The number of nitrogens with zero attached hydrogens (tertiary/aromatic N) is 2. The Bertz CT molecular complexity index is 757. The highest BCUT2D eigenvalue weighted by atomic mass is 127. The monoisotopic (exact) mass is 566 g/mol. The number of piperidine rings is 1. The highest BCUT2D eigenvalue weighted by molar-refractivity contribution is 14.0. The summed E-state index contributed by atoms with van der Waals surface area (Å²) < 4.78 is 32.9. The predicted molar refractivity (Wildman–Crippen MR) is 138 cm³/mol. The molecule has 2 N–H and O–H groups in total. The van der Waals surface area contributed by atoms with Crippen LogP contribution in [-0.4, -0.2) is 58.6 Å². The van der Waals surface area contributed by atoms with Crippen molar-refractivity contribution >= 4 is 40.0 Å². The number of benzene rings is 1. The van der Waals surface area contributed by atoms with Crippen LogP contribution in [0.4, 0.5) is 0 Å². The van der Waals surface area contributed by atoms with Gasteiger partial charge in [0.25, 0.3) is 0 Å². The fraction of sp³-hybridized carbons (Fsp3) is 0.682. The third-order valence-corrected chi connectivity index (χ3v) is 7.14. The average molecular weight is 567 g/mol. The second-order valence-corrected chi connectivity index (χ2v) is 9.86. The number of unbranched alkanes of at least 4 members (excludes halogenated alkanes) is 1. The molecule has 1 unspecified atom stereocenters. The van der Waals surface area contributed by atoms with Crippen LogP contribution in [0.1, 0.15) is 51.5 Å². The topological polar surface area (TPSA) is 83.0 Å². The minimum Gasteiger partial charge on any atom is -0.381 e. The van der Waals surface area contributed by atoms with Gasteiger partial charge in [0.1, 0.15) is 0 Å². The Kier molecular flexibility index (Phi) is 13.6. The molecule has 31 heavy (non-hydrogen) atoms. The van der Waals surface area contributed by atoms with Crippen LogP contribution in [0.5, 0.6) is 0 Å². The first-order chi connectivity index (χ1) is 14.5. The van der Waals surface area contributed by atoms with Gasteiger partial charge in [0, 0.05) is 46.4 Å². The first-order valence-electron chi connectivity index (χ1n) is 11.1. The van der Waals surface area contributed by atoms with E-state index >= 15 is 0 Å². The summed E-state index contributed by atoms with van der Waals surface area (Å²) in [5.74, 6) is 1.14. The zero-order chi connectivity index (χ0) is 21.8. The van der Waals surface area contributed by atoms with Gasteiger partial charge in [-0.25, -0.2) is 8.42 Å². The molecule has 0 saturated carbocycles. The van der Waals surface area contributed by atoms with Crippen molar-refractivity contribution in [3.05, 3.63) is 29.8 Å². The van der Waals surface area contributed by atoms with Crippen LogP contribution in [0.15, 0.2) is 34.2 Å². The summed E-state index contributed by atoms with van der Waals surface area (Å²) in [7, 11) is -1.67. The Balaban J connectivity index is 0.00000480. The number of hydrogen-bond donors (Lipinski definition) is 2. The maximum Gasteiger partial charge on any atom is 0.243 e. The lowest BCUT2D eigenvalue weighted by Crippen LogP contribution is -2.39. The minimum atomic E-state index is -3.41. The van der Waals surface area contributed by atoms with Crippen LogP contribution in [0.25, 0.3) is 0 Å². The van der Waals surface area contributed by atoms with Crippen molar-refractivity contribution in [2.75, 3.05) is 39.9 Å². The van der Waals surface area contributed by atoms with Crippen LogP contribution >= 0.6 is 24.0 Å². The van der Waals surface area contributed by atoms with E-state index in [9.17, 15) is 8.42 Å². The first kappa shape index (κ1) is 28.1. The third kappa shape index (κ3) is 9.63. The largest absolute Gasteiger partial charge is 0.381 e. The molecule has 2 rings (SSSR count). The number of guanidine groups is 1.